The van der Waals surface area contributed by atoms with Crippen LogP contribution in [0.4, 0.5) is 0 Å². The van der Waals surface area contributed by atoms with Gasteiger partial charge in [0.25, 0.3) is 0 Å². The molecule has 8 heteroatoms. The average molecular weight is 383 g/mol. The third kappa shape index (κ3) is 3.59. The van der Waals surface area contributed by atoms with Crippen LogP contribution in [0.1, 0.15) is 23.1 Å². The van der Waals surface area contributed by atoms with Gasteiger partial charge in [-0.15, -0.1) is 0 Å². The molecule has 2 aromatic rings. The van der Waals surface area contributed by atoms with Crippen LogP contribution >= 0.6 is 11.6 Å². The van der Waals surface area contributed by atoms with Crippen LogP contribution in [0, 0.1) is 0 Å². The number of aromatic amines is 1. The van der Waals surface area contributed by atoms with Crippen LogP contribution in [0.25, 0.3) is 11.1 Å². The number of ether oxygens (including phenoxy) is 4. The Morgan fingerprint density at radius 2 is 1.85 bits per heavy atom. The van der Waals surface area contributed by atoms with Crippen LogP contribution < -0.4 is 19.9 Å². The first-order chi connectivity index (χ1) is 12.5. The number of H-pyrrole nitrogens is 1. The van der Waals surface area contributed by atoms with Crippen LogP contribution in [0.3, 0.4) is 0 Å². The first kappa shape index (κ1) is 19.9. The fourth-order valence-electron chi connectivity index (χ4n) is 2.78. The number of nitrogens with two attached hydrogens (primary N) is 1. The van der Waals surface area contributed by atoms with Gasteiger partial charge in [-0.2, -0.15) is 0 Å². The molecule has 0 radical (unpaired) electrons. The predicted octanol–water partition coefficient (Wildman–Crippen LogP) is 3.04. The summed E-state index contributed by atoms with van der Waals surface area (Å²) in [4.78, 5) is 15.2. The van der Waals surface area contributed by atoms with Crippen molar-refractivity contribution in [2.24, 2.45) is 5.73 Å². The van der Waals surface area contributed by atoms with E-state index >= 15 is 0 Å². The van der Waals surface area contributed by atoms with Crippen molar-refractivity contribution in [1.29, 1.82) is 0 Å². The quantitative estimate of drug-likeness (QED) is 0.681. The Labute approximate surface area is 157 Å². The zero-order valence-electron chi connectivity index (χ0n) is 15.3. The van der Waals surface area contributed by atoms with Crippen LogP contribution in [-0.2, 0) is 11.2 Å². The molecular weight excluding hydrogens is 360 g/mol. The standard InChI is InChI=1S/C18H23ClN2O5/c1-5-26-18(22)15-14(19)13(11(21-15)8-9-20)10-6-7-12(23-2)17(25-4)16(10)24-3/h6-7,21H,5,8-9,20H2,1-4H3. The van der Waals surface area contributed by atoms with E-state index in [0.717, 1.165) is 0 Å². The van der Waals surface area contributed by atoms with Gasteiger partial charge in [-0.1, -0.05) is 11.6 Å². The highest BCUT2D eigenvalue weighted by molar-refractivity contribution is 6.36. The van der Waals surface area contributed by atoms with Crippen molar-refractivity contribution in [2.75, 3.05) is 34.5 Å². The fourth-order valence-corrected chi connectivity index (χ4v) is 3.12. The smallest absolute Gasteiger partial charge is 0.356 e. The Kier molecular flexibility index (Phi) is 6.76. The van der Waals surface area contributed by atoms with Crippen molar-refractivity contribution in [1.82, 2.24) is 4.98 Å². The molecule has 0 aliphatic rings. The fraction of sp³-hybridized carbons (Fsp3) is 0.389. The van der Waals surface area contributed by atoms with Gasteiger partial charge in [0.15, 0.2) is 11.5 Å². The number of hydrogen-bond donors (Lipinski definition) is 2. The van der Waals surface area contributed by atoms with E-state index in [4.69, 9.17) is 36.3 Å². The van der Waals surface area contributed by atoms with Gasteiger partial charge >= 0.3 is 5.97 Å². The molecule has 0 aliphatic carbocycles. The van der Waals surface area contributed by atoms with Crippen molar-refractivity contribution < 1.29 is 23.7 Å². The monoisotopic (exact) mass is 382 g/mol. The second-order valence-corrected chi connectivity index (χ2v) is 5.69. The number of carbonyl (C=O) groups excluding carboxylic acids is 1. The van der Waals surface area contributed by atoms with E-state index in [0.29, 0.717) is 47.0 Å². The van der Waals surface area contributed by atoms with Gasteiger partial charge < -0.3 is 29.7 Å². The van der Waals surface area contributed by atoms with Gasteiger partial charge in [0.05, 0.1) is 33.0 Å². The molecule has 0 unspecified atom stereocenters. The molecular formula is C18H23ClN2O5. The molecule has 3 N–H and O–H groups in total. The lowest BCUT2D eigenvalue weighted by molar-refractivity contribution is 0.0520. The molecule has 0 spiro atoms. The van der Waals surface area contributed by atoms with E-state index in [1.807, 2.05) is 0 Å². The summed E-state index contributed by atoms with van der Waals surface area (Å²) in [5.41, 5.74) is 7.90. The first-order valence-corrected chi connectivity index (χ1v) is 8.48. The molecule has 1 aromatic carbocycles. The largest absolute Gasteiger partial charge is 0.493 e. The van der Waals surface area contributed by atoms with Gasteiger partial charge in [0.2, 0.25) is 5.75 Å². The molecule has 0 aliphatic heterocycles. The lowest BCUT2D eigenvalue weighted by Crippen LogP contribution is -2.07. The number of nitrogens with one attached hydrogen (secondary N) is 1. The van der Waals surface area contributed by atoms with Gasteiger partial charge in [-0.25, -0.2) is 4.79 Å². The van der Waals surface area contributed by atoms with Crippen molar-refractivity contribution in [3.05, 3.63) is 28.5 Å². The number of aromatic nitrogens is 1. The van der Waals surface area contributed by atoms with E-state index in [9.17, 15) is 4.79 Å². The van der Waals surface area contributed by atoms with Crippen molar-refractivity contribution in [2.45, 2.75) is 13.3 Å². The molecule has 0 atom stereocenters. The number of rotatable bonds is 8. The van der Waals surface area contributed by atoms with Crippen molar-refractivity contribution >= 4 is 17.6 Å². The van der Waals surface area contributed by atoms with Crippen LogP contribution in [0.2, 0.25) is 5.02 Å². The number of carbonyl (C=O) groups is 1. The molecule has 2 rings (SSSR count). The van der Waals surface area contributed by atoms with Crippen molar-refractivity contribution in [3.63, 3.8) is 0 Å². The number of esters is 1. The summed E-state index contributed by atoms with van der Waals surface area (Å²) < 4.78 is 21.4. The SMILES string of the molecule is CCOC(=O)c1[nH]c(CCN)c(-c2ccc(OC)c(OC)c2OC)c1Cl. The van der Waals surface area contributed by atoms with Gasteiger partial charge in [0.1, 0.15) is 5.69 Å². The molecule has 0 bridgehead atoms. The van der Waals surface area contributed by atoms with Gasteiger partial charge in [-0.3, -0.25) is 0 Å². The van der Waals surface area contributed by atoms with Crippen LogP contribution in [0.15, 0.2) is 12.1 Å². The maximum atomic E-state index is 12.2. The lowest BCUT2D eigenvalue weighted by atomic mass is 10.0. The molecule has 142 valence electrons. The predicted molar refractivity (Wildman–Crippen MR) is 99.6 cm³/mol. The molecule has 1 aromatic heterocycles. The van der Waals surface area contributed by atoms with Crippen molar-refractivity contribution in [3.8, 4) is 28.4 Å². The number of methoxy groups -OCH3 is 3. The highest BCUT2D eigenvalue weighted by atomic mass is 35.5. The Bertz CT molecular complexity index is 788. The van der Waals surface area contributed by atoms with E-state index in [-0.39, 0.29) is 17.3 Å². The van der Waals surface area contributed by atoms with Crippen LogP contribution in [-0.4, -0.2) is 45.4 Å². The molecule has 0 fully saturated rings. The minimum atomic E-state index is -0.526. The maximum Gasteiger partial charge on any atom is 0.356 e. The van der Waals surface area contributed by atoms with E-state index < -0.39 is 5.97 Å². The molecule has 0 saturated heterocycles. The minimum absolute atomic E-state index is 0.184. The summed E-state index contributed by atoms with van der Waals surface area (Å²) in [6.45, 7) is 2.35. The highest BCUT2D eigenvalue weighted by Crippen LogP contribution is 2.47. The zero-order chi connectivity index (χ0) is 19.3. The Balaban J connectivity index is 2.73. The van der Waals surface area contributed by atoms with Gasteiger partial charge in [0, 0.05) is 23.2 Å². The molecule has 1 heterocycles. The van der Waals surface area contributed by atoms with E-state index in [1.54, 1.807) is 26.2 Å². The molecule has 7 nitrogen and oxygen atoms in total. The highest BCUT2D eigenvalue weighted by Gasteiger charge is 2.26. The zero-order valence-corrected chi connectivity index (χ0v) is 16.0. The first-order valence-electron chi connectivity index (χ1n) is 8.10. The van der Waals surface area contributed by atoms with Crippen LogP contribution in [0.5, 0.6) is 17.2 Å². The van der Waals surface area contributed by atoms with Gasteiger partial charge in [-0.05, 0) is 25.6 Å². The Hall–Kier alpha value is -2.38. The molecule has 26 heavy (non-hydrogen) atoms. The normalized spacial score (nSPS) is 10.5. The minimum Gasteiger partial charge on any atom is -0.493 e. The maximum absolute atomic E-state index is 12.2. The molecule has 0 amide bonds. The second kappa shape index (κ2) is 8.82. The topological polar surface area (TPSA) is 95.8 Å². The van der Waals surface area contributed by atoms with E-state index in [1.165, 1.54) is 14.2 Å². The summed E-state index contributed by atoms with van der Waals surface area (Å²) in [6, 6.07) is 3.54. The number of halogens is 1. The summed E-state index contributed by atoms with van der Waals surface area (Å²) in [6.07, 6.45) is 0.492. The summed E-state index contributed by atoms with van der Waals surface area (Å²) >= 11 is 6.53. The third-order valence-corrected chi connectivity index (χ3v) is 4.24. The Morgan fingerprint density at radius 1 is 1.15 bits per heavy atom. The lowest BCUT2D eigenvalue weighted by Gasteiger charge is -2.16. The summed E-state index contributed by atoms with van der Waals surface area (Å²) in [7, 11) is 4.59. The summed E-state index contributed by atoms with van der Waals surface area (Å²) in [5, 5.41) is 0.248. The van der Waals surface area contributed by atoms with E-state index in [2.05, 4.69) is 4.98 Å². The third-order valence-electron chi connectivity index (χ3n) is 3.86. The summed E-state index contributed by atoms with van der Waals surface area (Å²) in [5.74, 6) is 0.870. The Morgan fingerprint density at radius 3 is 2.38 bits per heavy atom. The number of benzene rings is 1. The average Bonchev–Trinajstić information content (AvgIpc) is 2.96. The second-order valence-electron chi connectivity index (χ2n) is 5.31. The molecule has 0 saturated carbocycles. The number of hydrogen-bond acceptors (Lipinski definition) is 6.